The molecule has 0 radical (unpaired) electrons. The number of carboxylic acids is 1. The number of H-pyrrole nitrogens is 1. The minimum Gasteiger partial charge on any atom is -0.478 e. The van der Waals surface area contributed by atoms with E-state index in [9.17, 15) is 22.8 Å². The van der Waals surface area contributed by atoms with Crippen LogP contribution in [0.25, 0.3) is 10.9 Å². The van der Waals surface area contributed by atoms with Gasteiger partial charge in [-0.1, -0.05) is 0 Å². The maximum Gasteiger partial charge on any atom is 0.573 e. The summed E-state index contributed by atoms with van der Waals surface area (Å²) in [6.07, 6.45) is -4.88. The van der Waals surface area contributed by atoms with Gasteiger partial charge in [-0.3, -0.25) is 4.79 Å². The van der Waals surface area contributed by atoms with Gasteiger partial charge in [0.25, 0.3) is 0 Å². The van der Waals surface area contributed by atoms with E-state index in [2.05, 4.69) is 9.72 Å². The number of aromatic nitrogens is 1. The van der Waals surface area contributed by atoms with E-state index in [1.165, 1.54) is 0 Å². The predicted molar refractivity (Wildman–Crippen MR) is 58.2 cm³/mol. The number of alkyl halides is 3. The Kier molecular flexibility index (Phi) is 2.93. The van der Waals surface area contributed by atoms with Gasteiger partial charge in [0.05, 0.1) is 5.56 Å². The molecule has 2 N–H and O–H groups in total. The smallest absolute Gasteiger partial charge is 0.478 e. The Labute approximate surface area is 103 Å². The van der Waals surface area contributed by atoms with Gasteiger partial charge in [-0.25, -0.2) is 4.79 Å². The van der Waals surface area contributed by atoms with E-state index >= 15 is 0 Å². The average molecular weight is 273 g/mol. The van der Waals surface area contributed by atoms with Crippen LogP contribution in [0.1, 0.15) is 10.4 Å². The van der Waals surface area contributed by atoms with Crippen LogP contribution in [0.2, 0.25) is 0 Å². The van der Waals surface area contributed by atoms with Crippen molar-refractivity contribution in [1.82, 2.24) is 4.98 Å². The van der Waals surface area contributed by atoms with Crippen molar-refractivity contribution in [3.63, 3.8) is 0 Å². The molecule has 0 saturated heterocycles. The predicted octanol–water partition coefficient (Wildman–Crippen LogP) is 2.12. The number of carboxylic acid groups (broad SMARTS) is 1. The summed E-state index contributed by atoms with van der Waals surface area (Å²) < 4.78 is 39.9. The fraction of sp³-hybridized carbons (Fsp3) is 0.0909. The highest BCUT2D eigenvalue weighted by Crippen LogP contribution is 2.26. The largest absolute Gasteiger partial charge is 0.573 e. The lowest BCUT2D eigenvalue weighted by Gasteiger charge is -2.10. The third-order valence-corrected chi connectivity index (χ3v) is 2.28. The zero-order valence-corrected chi connectivity index (χ0v) is 9.12. The molecule has 1 aromatic heterocycles. The van der Waals surface area contributed by atoms with Gasteiger partial charge in [-0.15, -0.1) is 13.2 Å². The monoisotopic (exact) mass is 273 g/mol. The Morgan fingerprint density at radius 3 is 2.53 bits per heavy atom. The van der Waals surface area contributed by atoms with Crippen molar-refractivity contribution in [2.45, 2.75) is 6.36 Å². The second-order valence-corrected chi connectivity index (χ2v) is 3.61. The summed E-state index contributed by atoms with van der Waals surface area (Å²) in [4.78, 5) is 24.5. The summed E-state index contributed by atoms with van der Waals surface area (Å²) >= 11 is 0. The van der Waals surface area contributed by atoms with E-state index in [0.29, 0.717) is 0 Å². The molecule has 0 unspecified atom stereocenters. The summed E-state index contributed by atoms with van der Waals surface area (Å²) in [5.41, 5.74) is -0.944. The number of aromatic carboxylic acids is 1. The average Bonchev–Trinajstić information content (AvgIpc) is 2.26. The highest BCUT2D eigenvalue weighted by atomic mass is 19.4. The molecule has 0 atom stereocenters. The molecule has 100 valence electrons. The molecule has 1 aromatic carbocycles. The SMILES string of the molecule is O=C(O)c1cc(=O)[nH]c2ccc(OC(F)(F)F)cc12. The number of benzene rings is 1. The molecular formula is C11H6F3NO4. The van der Waals surface area contributed by atoms with Crippen molar-refractivity contribution in [2.24, 2.45) is 0 Å². The van der Waals surface area contributed by atoms with Gasteiger partial charge in [0, 0.05) is 17.0 Å². The molecule has 1 heterocycles. The summed E-state index contributed by atoms with van der Waals surface area (Å²) in [6, 6.07) is 3.83. The van der Waals surface area contributed by atoms with E-state index < -0.39 is 29.2 Å². The molecular weight excluding hydrogens is 267 g/mol. The summed E-state index contributed by atoms with van der Waals surface area (Å²) in [7, 11) is 0. The number of rotatable bonds is 2. The second kappa shape index (κ2) is 4.30. The zero-order valence-electron chi connectivity index (χ0n) is 9.12. The van der Waals surface area contributed by atoms with Gasteiger partial charge in [0.15, 0.2) is 0 Å². The first-order valence-electron chi connectivity index (χ1n) is 4.92. The van der Waals surface area contributed by atoms with Crippen molar-refractivity contribution in [1.29, 1.82) is 0 Å². The van der Waals surface area contributed by atoms with Crippen LogP contribution >= 0.6 is 0 Å². The van der Waals surface area contributed by atoms with Crippen LogP contribution in [0.15, 0.2) is 29.1 Å². The first-order chi connectivity index (χ1) is 8.76. The molecule has 0 amide bonds. The van der Waals surface area contributed by atoms with Crippen LogP contribution in [-0.4, -0.2) is 22.4 Å². The maximum atomic E-state index is 12.1. The van der Waals surface area contributed by atoms with E-state index in [1.54, 1.807) is 0 Å². The van der Waals surface area contributed by atoms with Gasteiger partial charge in [-0.2, -0.15) is 0 Å². The molecule has 19 heavy (non-hydrogen) atoms. The van der Waals surface area contributed by atoms with Crippen LogP contribution in [0.4, 0.5) is 13.2 Å². The Bertz CT molecular complexity index is 705. The second-order valence-electron chi connectivity index (χ2n) is 3.61. The minimum atomic E-state index is -4.88. The van der Waals surface area contributed by atoms with Gasteiger partial charge < -0.3 is 14.8 Å². The highest BCUT2D eigenvalue weighted by Gasteiger charge is 2.31. The van der Waals surface area contributed by atoms with Crippen molar-refractivity contribution in [2.75, 3.05) is 0 Å². The summed E-state index contributed by atoms with van der Waals surface area (Å²) in [5, 5.41) is 8.87. The number of pyridine rings is 1. The molecule has 0 aliphatic carbocycles. The van der Waals surface area contributed by atoms with Crippen LogP contribution in [0.3, 0.4) is 0 Å². The number of fused-ring (bicyclic) bond motifs is 1. The molecule has 5 nitrogen and oxygen atoms in total. The third-order valence-electron chi connectivity index (χ3n) is 2.28. The van der Waals surface area contributed by atoms with Crippen LogP contribution in [0.5, 0.6) is 5.75 Å². The van der Waals surface area contributed by atoms with E-state index in [1.807, 2.05) is 0 Å². The number of aromatic amines is 1. The lowest BCUT2D eigenvalue weighted by Crippen LogP contribution is -2.17. The lowest BCUT2D eigenvalue weighted by atomic mass is 10.1. The zero-order chi connectivity index (χ0) is 14.2. The lowest BCUT2D eigenvalue weighted by molar-refractivity contribution is -0.274. The summed E-state index contributed by atoms with van der Waals surface area (Å²) in [5.74, 6) is -1.98. The first kappa shape index (κ1) is 12.9. The van der Waals surface area contributed by atoms with Crippen molar-refractivity contribution < 1.29 is 27.8 Å². The molecule has 0 aliphatic heterocycles. The Balaban J connectivity index is 2.64. The molecule has 0 fully saturated rings. The normalized spacial score (nSPS) is 11.5. The van der Waals surface area contributed by atoms with Crippen LogP contribution in [-0.2, 0) is 0 Å². The molecule has 0 spiro atoms. The number of ether oxygens (including phenoxy) is 1. The van der Waals surface area contributed by atoms with E-state index in [4.69, 9.17) is 5.11 Å². The van der Waals surface area contributed by atoms with Gasteiger partial charge >= 0.3 is 12.3 Å². The fourth-order valence-electron chi connectivity index (χ4n) is 1.61. The third kappa shape index (κ3) is 2.84. The molecule has 8 heteroatoms. The number of carbonyl (C=O) groups is 1. The van der Waals surface area contributed by atoms with Crippen molar-refractivity contribution in [3.05, 3.63) is 40.2 Å². The Morgan fingerprint density at radius 2 is 1.95 bits per heavy atom. The minimum absolute atomic E-state index is 0.0474. The Hall–Kier alpha value is -2.51. The fourth-order valence-corrected chi connectivity index (χ4v) is 1.61. The van der Waals surface area contributed by atoms with Gasteiger partial charge in [0.1, 0.15) is 5.75 Å². The number of nitrogens with one attached hydrogen (secondary N) is 1. The number of hydrogen-bond donors (Lipinski definition) is 2. The van der Waals surface area contributed by atoms with E-state index in [0.717, 1.165) is 24.3 Å². The summed E-state index contributed by atoms with van der Waals surface area (Å²) in [6.45, 7) is 0. The van der Waals surface area contributed by atoms with Crippen molar-refractivity contribution in [3.8, 4) is 5.75 Å². The first-order valence-corrected chi connectivity index (χ1v) is 4.92. The molecule has 2 aromatic rings. The van der Waals surface area contributed by atoms with Crippen molar-refractivity contribution >= 4 is 16.9 Å². The van der Waals surface area contributed by atoms with Crippen LogP contribution in [0, 0.1) is 0 Å². The number of halogens is 3. The highest BCUT2D eigenvalue weighted by molar-refractivity contribution is 6.02. The molecule has 0 saturated carbocycles. The maximum absolute atomic E-state index is 12.1. The quantitative estimate of drug-likeness (QED) is 0.878. The van der Waals surface area contributed by atoms with Crippen LogP contribution < -0.4 is 10.3 Å². The number of hydrogen-bond acceptors (Lipinski definition) is 3. The van der Waals surface area contributed by atoms with Gasteiger partial charge in [0.2, 0.25) is 5.56 Å². The Morgan fingerprint density at radius 1 is 1.26 bits per heavy atom. The molecule has 0 bridgehead atoms. The van der Waals surface area contributed by atoms with E-state index in [-0.39, 0.29) is 10.9 Å². The molecule has 2 rings (SSSR count). The topological polar surface area (TPSA) is 79.4 Å². The standard InChI is InChI=1S/C11H6F3NO4/c12-11(13,14)19-5-1-2-8-6(3-5)7(10(17)18)4-9(16)15-8/h1-4H,(H,15,16)(H,17,18). The molecule has 0 aliphatic rings. The van der Waals surface area contributed by atoms with Gasteiger partial charge in [-0.05, 0) is 18.2 Å².